The number of nitrogens with one attached hydrogen (secondary N) is 1. The van der Waals surface area contributed by atoms with Gasteiger partial charge in [0.25, 0.3) is 0 Å². The highest BCUT2D eigenvalue weighted by Gasteiger charge is 2.19. The van der Waals surface area contributed by atoms with E-state index in [0.717, 1.165) is 24.8 Å². The molecule has 154 valence electrons. The van der Waals surface area contributed by atoms with Crippen LogP contribution in [0.1, 0.15) is 42.9 Å². The van der Waals surface area contributed by atoms with Crippen LogP contribution < -0.4 is 10.1 Å². The number of benzene rings is 2. The molecule has 0 aliphatic heterocycles. The maximum Gasteiger partial charge on any atom is 0.244 e. The minimum absolute atomic E-state index is 0.0159. The second-order valence-electron chi connectivity index (χ2n) is 7.55. The molecule has 1 aliphatic rings. The van der Waals surface area contributed by atoms with Crippen LogP contribution in [0.4, 0.5) is 5.69 Å². The van der Waals surface area contributed by atoms with E-state index in [-0.39, 0.29) is 18.4 Å². The molecule has 0 fully saturated rings. The standard InChI is InChI=1S/C24H30N2O3/c1-3-14-26(17-23(27)25-21-10-6-7-11-22(21)29-2)24(28)16-18-12-13-19-8-4-5-9-20(19)15-18/h6-7,10-13,15H,3-5,8-9,14,16-17H2,1-2H3,(H,25,27). The van der Waals surface area contributed by atoms with E-state index in [4.69, 9.17) is 4.74 Å². The highest BCUT2D eigenvalue weighted by atomic mass is 16.5. The van der Waals surface area contributed by atoms with Crippen molar-refractivity contribution >= 4 is 17.5 Å². The molecule has 1 aliphatic carbocycles. The number of carbonyl (C=O) groups is 2. The van der Waals surface area contributed by atoms with Gasteiger partial charge in [-0.3, -0.25) is 9.59 Å². The lowest BCUT2D eigenvalue weighted by Crippen LogP contribution is -2.39. The predicted molar refractivity (Wildman–Crippen MR) is 115 cm³/mol. The largest absolute Gasteiger partial charge is 0.495 e. The Labute approximate surface area is 173 Å². The summed E-state index contributed by atoms with van der Waals surface area (Å²) in [6.07, 6.45) is 5.82. The maximum atomic E-state index is 12.9. The van der Waals surface area contributed by atoms with Crippen LogP contribution in [0.15, 0.2) is 42.5 Å². The lowest BCUT2D eigenvalue weighted by molar-refractivity contribution is -0.134. The molecule has 1 N–H and O–H groups in total. The summed E-state index contributed by atoms with van der Waals surface area (Å²) in [6, 6.07) is 13.7. The van der Waals surface area contributed by atoms with Crippen LogP contribution in [-0.2, 0) is 28.9 Å². The Balaban J connectivity index is 1.64. The van der Waals surface area contributed by atoms with Gasteiger partial charge < -0.3 is 15.0 Å². The smallest absolute Gasteiger partial charge is 0.244 e. The van der Waals surface area contributed by atoms with Gasteiger partial charge in [-0.2, -0.15) is 0 Å². The van der Waals surface area contributed by atoms with Crippen molar-refractivity contribution in [3.05, 3.63) is 59.2 Å². The maximum absolute atomic E-state index is 12.9. The minimum Gasteiger partial charge on any atom is -0.495 e. The molecule has 2 aromatic carbocycles. The first-order chi connectivity index (χ1) is 14.1. The van der Waals surface area contributed by atoms with Gasteiger partial charge in [-0.25, -0.2) is 0 Å². The van der Waals surface area contributed by atoms with E-state index >= 15 is 0 Å². The topological polar surface area (TPSA) is 58.6 Å². The number of carbonyl (C=O) groups excluding carboxylic acids is 2. The Morgan fingerprint density at radius 1 is 1.07 bits per heavy atom. The average molecular weight is 395 g/mol. The number of nitrogens with zero attached hydrogens (tertiary/aromatic N) is 1. The molecule has 5 heteroatoms. The van der Waals surface area contributed by atoms with E-state index < -0.39 is 0 Å². The first kappa shape index (κ1) is 20.9. The number of hydrogen-bond donors (Lipinski definition) is 1. The lowest BCUT2D eigenvalue weighted by atomic mass is 9.90. The second-order valence-corrected chi connectivity index (χ2v) is 7.55. The van der Waals surface area contributed by atoms with Crippen molar-refractivity contribution in [1.29, 1.82) is 0 Å². The molecule has 0 atom stereocenters. The molecule has 0 bridgehead atoms. The van der Waals surface area contributed by atoms with Crippen molar-refractivity contribution in [2.75, 3.05) is 25.5 Å². The summed E-state index contributed by atoms with van der Waals surface area (Å²) >= 11 is 0. The van der Waals surface area contributed by atoms with E-state index in [1.807, 2.05) is 19.1 Å². The molecule has 0 unspecified atom stereocenters. The molecule has 0 heterocycles. The summed E-state index contributed by atoms with van der Waals surface area (Å²) in [6.45, 7) is 2.61. The molecular formula is C24H30N2O3. The second kappa shape index (κ2) is 10.1. The number of methoxy groups -OCH3 is 1. The highest BCUT2D eigenvalue weighted by molar-refractivity contribution is 5.95. The lowest BCUT2D eigenvalue weighted by Gasteiger charge is -2.23. The van der Waals surface area contributed by atoms with Crippen molar-refractivity contribution in [1.82, 2.24) is 4.90 Å². The third-order valence-electron chi connectivity index (χ3n) is 5.33. The molecular weight excluding hydrogens is 364 g/mol. The van der Waals surface area contributed by atoms with Gasteiger partial charge >= 0.3 is 0 Å². The summed E-state index contributed by atoms with van der Waals surface area (Å²) in [5, 5.41) is 2.85. The van der Waals surface area contributed by atoms with Crippen molar-refractivity contribution in [2.45, 2.75) is 45.4 Å². The zero-order valence-corrected chi connectivity index (χ0v) is 17.4. The Morgan fingerprint density at radius 3 is 2.59 bits per heavy atom. The van der Waals surface area contributed by atoms with Crippen LogP contribution in [-0.4, -0.2) is 36.9 Å². The quantitative estimate of drug-likeness (QED) is 0.736. The molecule has 29 heavy (non-hydrogen) atoms. The fourth-order valence-corrected chi connectivity index (χ4v) is 3.86. The Hall–Kier alpha value is -2.82. The monoisotopic (exact) mass is 394 g/mol. The number of rotatable bonds is 8. The number of fused-ring (bicyclic) bond motifs is 1. The average Bonchev–Trinajstić information content (AvgIpc) is 2.73. The number of para-hydroxylation sites is 2. The van der Waals surface area contributed by atoms with Crippen LogP contribution in [0, 0.1) is 0 Å². The van der Waals surface area contributed by atoms with E-state index in [2.05, 4.69) is 23.5 Å². The Bertz CT molecular complexity index is 863. The van der Waals surface area contributed by atoms with Gasteiger partial charge in [-0.15, -0.1) is 0 Å². The van der Waals surface area contributed by atoms with Crippen LogP contribution in [0.25, 0.3) is 0 Å². The molecule has 0 spiro atoms. The van der Waals surface area contributed by atoms with Crippen LogP contribution in [0.2, 0.25) is 0 Å². The molecule has 2 amide bonds. The molecule has 3 rings (SSSR count). The third-order valence-corrected chi connectivity index (χ3v) is 5.33. The first-order valence-corrected chi connectivity index (χ1v) is 10.4. The number of amides is 2. The number of ether oxygens (including phenoxy) is 1. The third kappa shape index (κ3) is 5.59. The van der Waals surface area contributed by atoms with Crippen LogP contribution in [0.3, 0.4) is 0 Å². The van der Waals surface area contributed by atoms with Gasteiger partial charge in [0.1, 0.15) is 5.75 Å². The van der Waals surface area contributed by atoms with E-state index in [0.29, 0.717) is 24.4 Å². The van der Waals surface area contributed by atoms with Crippen LogP contribution >= 0.6 is 0 Å². The summed E-state index contributed by atoms with van der Waals surface area (Å²) < 4.78 is 5.28. The molecule has 0 aromatic heterocycles. The van der Waals surface area contributed by atoms with E-state index in [9.17, 15) is 9.59 Å². The molecule has 0 saturated carbocycles. The van der Waals surface area contributed by atoms with Crippen molar-refractivity contribution in [3.63, 3.8) is 0 Å². The Morgan fingerprint density at radius 2 is 1.83 bits per heavy atom. The van der Waals surface area contributed by atoms with Gasteiger partial charge in [0.15, 0.2) is 0 Å². The van der Waals surface area contributed by atoms with Gasteiger partial charge in [0.05, 0.1) is 25.8 Å². The number of hydrogen-bond acceptors (Lipinski definition) is 3. The Kier molecular flexibility index (Phi) is 7.28. The highest BCUT2D eigenvalue weighted by Crippen LogP contribution is 2.24. The van der Waals surface area contributed by atoms with Gasteiger partial charge in [-0.05, 0) is 60.9 Å². The van der Waals surface area contributed by atoms with Crippen molar-refractivity contribution in [2.24, 2.45) is 0 Å². The molecule has 5 nitrogen and oxygen atoms in total. The van der Waals surface area contributed by atoms with E-state index in [1.165, 1.54) is 24.0 Å². The fourth-order valence-electron chi connectivity index (χ4n) is 3.86. The first-order valence-electron chi connectivity index (χ1n) is 10.4. The van der Waals surface area contributed by atoms with E-state index in [1.54, 1.807) is 24.1 Å². The van der Waals surface area contributed by atoms with Crippen LogP contribution in [0.5, 0.6) is 5.75 Å². The SMILES string of the molecule is CCCN(CC(=O)Nc1ccccc1OC)C(=O)Cc1ccc2c(c1)CCCC2. The zero-order chi connectivity index (χ0) is 20.6. The zero-order valence-electron chi connectivity index (χ0n) is 17.4. The minimum atomic E-state index is -0.221. The molecule has 0 saturated heterocycles. The van der Waals surface area contributed by atoms with Crippen molar-refractivity contribution < 1.29 is 14.3 Å². The van der Waals surface area contributed by atoms with Gasteiger partial charge in [0.2, 0.25) is 11.8 Å². The molecule has 2 aromatic rings. The summed E-state index contributed by atoms with van der Waals surface area (Å²) in [4.78, 5) is 27.1. The predicted octanol–water partition coefficient (Wildman–Crippen LogP) is 3.99. The molecule has 0 radical (unpaired) electrons. The van der Waals surface area contributed by atoms with Gasteiger partial charge in [0, 0.05) is 6.54 Å². The summed E-state index contributed by atoms with van der Waals surface area (Å²) in [5.41, 5.74) is 4.42. The fraction of sp³-hybridized carbons (Fsp3) is 0.417. The number of aryl methyl sites for hydroxylation is 2. The number of anilines is 1. The summed E-state index contributed by atoms with van der Waals surface area (Å²) in [5.74, 6) is 0.364. The summed E-state index contributed by atoms with van der Waals surface area (Å²) in [7, 11) is 1.57. The normalized spacial score (nSPS) is 12.8. The van der Waals surface area contributed by atoms with Gasteiger partial charge in [-0.1, -0.05) is 37.3 Å². The van der Waals surface area contributed by atoms with Crippen molar-refractivity contribution in [3.8, 4) is 5.75 Å².